The molecule has 0 spiro atoms. The molecule has 0 radical (unpaired) electrons. The summed E-state index contributed by atoms with van der Waals surface area (Å²) in [6, 6.07) is 10.0. The third kappa shape index (κ3) is 4.51. The number of hydrogen-bond acceptors (Lipinski definition) is 2. The molecular formula is C16H16Cl2FNO. The maximum Gasteiger partial charge on any atom is 0.138 e. The minimum atomic E-state index is -0.333. The summed E-state index contributed by atoms with van der Waals surface area (Å²) in [5.74, 6) is 0.302. The van der Waals surface area contributed by atoms with Crippen LogP contribution in [0.3, 0.4) is 0 Å². The lowest BCUT2D eigenvalue weighted by molar-refractivity contribution is 0.242. The van der Waals surface area contributed by atoms with Crippen LogP contribution in [-0.4, -0.2) is 6.10 Å². The van der Waals surface area contributed by atoms with Crippen molar-refractivity contribution in [2.24, 2.45) is 0 Å². The summed E-state index contributed by atoms with van der Waals surface area (Å²) in [4.78, 5) is 0. The molecule has 0 aliphatic carbocycles. The van der Waals surface area contributed by atoms with Crippen LogP contribution in [0.15, 0.2) is 36.4 Å². The normalized spacial score (nSPS) is 10.8. The Bertz CT molecular complexity index is 632. The minimum Gasteiger partial charge on any atom is -0.489 e. The van der Waals surface area contributed by atoms with Gasteiger partial charge in [-0.25, -0.2) is 4.39 Å². The predicted molar refractivity (Wildman–Crippen MR) is 86.0 cm³/mol. The van der Waals surface area contributed by atoms with Crippen LogP contribution in [0.4, 0.5) is 10.1 Å². The third-order valence-corrected chi connectivity index (χ3v) is 3.32. The first kappa shape index (κ1) is 15.9. The monoisotopic (exact) mass is 327 g/mol. The highest BCUT2D eigenvalue weighted by molar-refractivity contribution is 6.32. The van der Waals surface area contributed by atoms with E-state index in [1.165, 1.54) is 6.07 Å². The number of nitrogens with one attached hydrogen (secondary N) is 1. The summed E-state index contributed by atoms with van der Waals surface area (Å²) in [5.41, 5.74) is 1.34. The molecule has 1 N–H and O–H groups in total. The Hall–Kier alpha value is -1.45. The third-order valence-electron chi connectivity index (χ3n) is 2.79. The zero-order valence-electron chi connectivity index (χ0n) is 11.8. The molecule has 0 fully saturated rings. The van der Waals surface area contributed by atoms with Crippen LogP contribution < -0.4 is 10.1 Å². The van der Waals surface area contributed by atoms with Crippen LogP contribution in [-0.2, 0) is 6.54 Å². The van der Waals surface area contributed by atoms with Gasteiger partial charge in [-0.2, -0.15) is 0 Å². The molecule has 2 aromatic carbocycles. The van der Waals surface area contributed by atoms with Crippen LogP contribution in [0, 0.1) is 5.82 Å². The standard InChI is InChI=1S/C16H16Cl2FNO/c1-10(2)21-16-6-5-13(8-14(16)18)20-9-11-3-4-12(17)7-15(11)19/h3-8,10,20H,9H2,1-2H3. The van der Waals surface area contributed by atoms with Gasteiger partial charge >= 0.3 is 0 Å². The Balaban J connectivity index is 2.05. The van der Waals surface area contributed by atoms with E-state index < -0.39 is 0 Å². The summed E-state index contributed by atoms with van der Waals surface area (Å²) >= 11 is 11.9. The summed E-state index contributed by atoms with van der Waals surface area (Å²) in [6.45, 7) is 4.22. The van der Waals surface area contributed by atoms with Gasteiger partial charge in [0.1, 0.15) is 11.6 Å². The molecule has 2 aromatic rings. The number of rotatable bonds is 5. The zero-order chi connectivity index (χ0) is 15.4. The van der Waals surface area contributed by atoms with Crippen LogP contribution in [0.5, 0.6) is 5.75 Å². The van der Waals surface area contributed by atoms with E-state index >= 15 is 0 Å². The fourth-order valence-corrected chi connectivity index (χ4v) is 2.21. The van der Waals surface area contributed by atoms with Crippen molar-refractivity contribution in [2.75, 3.05) is 5.32 Å². The smallest absolute Gasteiger partial charge is 0.138 e. The molecule has 0 aliphatic rings. The van der Waals surface area contributed by atoms with E-state index in [9.17, 15) is 4.39 Å². The summed E-state index contributed by atoms with van der Waals surface area (Å²) < 4.78 is 19.2. The van der Waals surface area contributed by atoms with Crippen molar-refractivity contribution >= 4 is 28.9 Å². The average Bonchev–Trinajstić information content (AvgIpc) is 2.40. The number of hydrogen-bond donors (Lipinski definition) is 1. The molecule has 0 heterocycles. The van der Waals surface area contributed by atoms with Gasteiger partial charge in [0.2, 0.25) is 0 Å². The Labute approximate surface area is 133 Å². The lowest BCUT2D eigenvalue weighted by atomic mass is 10.2. The highest BCUT2D eigenvalue weighted by atomic mass is 35.5. The first-order valence-electron chi connectivity index (χ1n) is 6.59. The molecule has 0 atom stereocenters. The maximum atomic E-state index is 13.7. The van der Waals surface area contributed by atoms with E-state index in [1.807, 2.05) is 19.9 Å². The largest absolute Gasteiger partial charge is 0.489 e. The Kier molecular flexibility index (Phi) is 5.32. The molecule has 0 amide bonds. The second-order valence-electron chi connectivity index (χ2n) is 4.90. The van der Waals surface area contributed by atoms with Crippen molar-refractivity contribution in [3.05, 3.63) is 57.8 Å². The van der Waals surface area contributed by atoms with Crippen molar-refractivity contribution in [1.29, 1.82) is 0 Å². The van der Waals surface area contributed by atoms with Gasteiger partial charge in [0.05, 0.1) is 11.1 Å². The molecule has 0 bridgehead atoms. The highest BCUT2D eigenvalue weighted by Gasteiger charge is 2.06. The number of benzene rings is 2. The molecule has 0 aliphatic heterocycles. The van der Waals surface area contributed by atoms with Gasteiger partial charge in [-0.15, -0.1) is 0 Å². The SMILES string of the molecule is CC(C)Oc1ccc(NCc2ccc(Cl)cc2F)cc1Cl. The van der Waals surface area contributed by atoms with Crippen molar-refractivity contribution < 1.29 is 9.13 Å². The van der Waals surface area contributed by atoms with E-state index in [0.717, 1.165) is 5.69 Å². The second-order valence-corrected chi connectivity index (χ2v) is 5.74. The molecule has 112 valence electrons. The van der Waals surface area contributed by atoms with Crippen molar-refractivity contribution in [2.45, 2.75) is 26.5 Å². The first-order chi connectivity index (χ1) is 9.95. The number of ether oxygens (including phenoxy) is 1. The van der Waals surface area contributed by atoms with E-state index in [4.69, 9.17) is 27.9 Å². The maximum absolute atomic E-state index is 13.7. The molecule has 0 saturated carbocycles. The summed E-state index contributed by atoms with van der Waals surface area (Å²) in [6.07, 6.45) is 0.0597. The van der Waals surface area contributed by atoms with Gasteiger partial charge in [-0.05, 0) is 44.2 Å². The van der Waals surface area contributed by atoms with Gasteiger partial charge in [-0.3, -0.25) is 0 Å². The van der Waals surface area contributed by atoms with Gasteiger partial charge in [-0.1, -0.05) is 29.3 Å². The highest BCUT2D eigenvalue weighted by Crippen LogP contribution is 2.28. The van der Waals surface area contributed by atoms with Gasteiger partial charge in [0, 0.05) is 22.8 Å². The van der Waals surface area contributed by atoms with Gasteiger partial charge < -0.3 is 10.1 Å². The molecule has 0 saturated heterocycles. The Morgan fingerprint density at radius 1 is 1.14 bits per heavy atom. The number of halogens is 3. The fourth-order valence-electron chi connectivity index (χ4n) is 1.82. The molecule has 0 aromatic heterocycles. The van der Waals surface area contributed by atoms with E-state index in [-0.39, 0.29) is 11.9 Å². The van der Waals surface area contributed by atoms with Crippen LogP contribution in [0.2, 0.25) is 10.0 Å². The van der Waals surface area contributed by atoms with E-state index in [2.05, 4.69) is 5.32 Å². The zero-order valence-corrected chi connectivity index (χ0v) is 13.3. The van der Waals surface area contributed by atoms with Crippen LogP contribution in [0.25, 0.3) is 0 Å². The van der Waals surface area contributed by atoms with Crippen molar-refractivity contribution in [1.82, 2.24) is 0 Å². The van der Waals surface area contributed by atoms with Gasteiger partial charge in [0.15, 0.2) is 0 Å². The molecule has 2 rings (SSSR count). The van der Waals surface area contributed by atoms with E-state index in [1.54, 1.807) is 24.3 Å². The topological polar surface area (TPSA) is 21.3 Å². The summed E-state index contributed by atoms with van der Waals surface area (Å²) in [5, 5.41) is 4.02. The average molecular weight is 328 g/mol. The van der Waals surface area contributed by atoms with Crippen molar-refractivity contribution in [3.63, 3.8) is 0 Å². The lowest BCUT2D eigenvalue weighted by Crippen LogP contribution is -2.06. The second kappa shape index (κ2) is 7.01. The van der Waals surface area contributed by atoms with Crippen LogP contribution in [0.1, 0.15) is 19.4 Å². The molecular weight excluding hydrogens is 312 g/mol. The van der Waals surface area contributed by atoms with Gasteiger partial charge in [0.25, 0.3) is 0 Å². The van der Waals surface area contributed by atoms with Crippen molar-refractivity contribution in [3.8, 4) is 5.75 Å². The fraction of sp³-hybridized carbons (Fsp3) is 0.250. The quantitative estimate of drug-likeness (QED) is 0.779. The molecule has 5 heteroatoms. The molecule has 21 heavy (non-hydrogen) atoms. The number of anilines is 1. The van der Waals surface area contributed by atoms with Crippen LogP contribution >= 0.6 is 23.2 Å². The summed E-state index contributed by atoms with van der Waals surface area (Å²) in [7, 11) is 0. The predicted octanol–water partition coefficient (Wildman–Crippen LogP) is 5.53. The Morgan fingerprint density at radius 3 is 2.52 bits per heavy atom. The van der Waals surface area contributed by atoms with E-state index in [0.29, 0.717) is 27.9 Å². The minimum absolute atomic E-state index is 0.0597. The molecule has 2 nitrogen and oxygen atoms in total. The first-order valence-corrected chi connectivity index (χ1v) is 7.35. The Morgan fingerprint density at radius 2 is 1.90 bits per heavy atom. The lowest BCUT2D eigenvalue weighted by Gasteiger charge is -2.13. The molecule has 0 unspecified atom stereocenters.